The van der Waals surface area contributed by atoms with Gasteiger partial charge in [0.25, 0.3) is 11.7 Å². The number of benzene rings is 3. The Morgan fingerprint density at radius 1 is 0.889 bits per heavy atom. The van der Waals surface area contributed by atoms with Crippen molar-refractivity contribution in [3.05, 3.63) is 99.0 Å². The fraction of sp³-hybridized carbons (Fsp3) is 0.241. The Morgan fingerprint density at radius 3 is 2.03 bits per heavy atom. The van der Waals surface area contributed by atoms with E-state index in [1.54, 1.807) is 12.1 Å². The second-order valence-corrected chi connectivity index (χ2v) is 10.9. The molecule has 4 rings (SSSR count). The summed E-state index contributed by atoms with van der Waals surface area (Å²) in [6.07, 6.45) is 0. The first kappa shape index (κ1) is 25.8. The monoisotopic (exact) mass is 522 g/mol. The maximum absolute atomic E-state index is 13.4. The topological polar surface area (TPSA) is 60.9 Å². The average molecular weight is 523 g/mol. The third-order valence-corrected chi connectivity index (χ3v) is 7.11. The summed E-state index contributed by atoms with van der Waals surface area (Å²) in [6, 6.07) is 18.9. The summed E-state index contributed by atoms with van der Waals surface area (Å²) in [6.45, 7) is 6.33. The lowest BCUT2D eigenvalue weighted by Crippen LogP contribution is -2.29. The molecule has 1 fully saturated rings. The van der Waals surface area contributed by atoms with Gasteiger partial charge in [0.15, 0.2) is 0 Å². The lowest BCUT2D eigenvalue weighted by molar-refractivity contribution is -0.132. The molecule has 1 atom stereocenters. The van der Waals surface area contributed by atoms with Crippen LogP contribution in [0.2, 0.25) is 10.0 Å². The fourth-order valence-electron chi connectivity index (χ4n) is 4.29. The number of Topliss-reactive ketones (excluding diaryl/α,β-unsaturated/α-hetero) is 1. The zero-order valence-corrected chi connectivity index (χ0v) is 22.4. The predicted molar refractivity (Wildman–Crippen MR) is 147 cm³/mol. The second-order valence-electron chi connectivity index (χ2n) is 10.1. The summed E-state index contributed by atoms with van der Waals surface area (Å²) in [5.74, 6) is -1.77. The van der Waals surface area contributed by atoms with Crippen LogP contribution in [0.1, 0.15) is 43.5 Å². The van der Waals surface area contributed by atoms with Crippen molar-refractivity contribution >= 4 is 52.0 Å². The Hall–Kier alpha value is -3.28. The van der Waals surface area contributed by atoms with Crippen molar-refractivity contribution in [1.29, 1.82) is 0 Å². The van der Waals surface area contributed by atoms with Crippen molar-refractivity contribution in [2.24, 2.45) is 0 Å². The first-order chi connectivity index (χ1) is 16.9. The molecule has 0 bridgehead atoms. The van der Waals surface area contributed by atoms with E-state index in [-0.39, 0.29) is 21.8 Å². The summed E-state index contributed by atoms with van der Waals surface area (Å²) in [7, 11) is 3.87. The number of carbonyl (C=O) groups excluding carboxylic acids is 2. The number of nitrogens with zero attached hydrogens (tertiary/aromatic N) is 2. The molecule has 0 radical (unpaired) electrons. The van der Waals surface area contributed by atoms with E-state index in [9.17, 15) is 14.7 Å². The number of anilines is 2. The van der Waals surface area contributed by atoms with Gasteiger partial charge in [0, 0.05) is 31.0 Å². The Labute approximate surface area is 221 Å². The molecule has 36 heavy (non-hydrogen) atoms. The summed E-state index contributed by atoms with van der Waals surface area (Å²) in [4.78, 5) is 30.2. The first-order valence-corrected chi connectivity index (χ1v) is 12.3. The summed E-state index contributed by atoms with van der Waals surface area (Å²) < 4.78 is 0. The highest BCUT2D eigenvalue weighted by molar-refractivity contribution is 6.51. The second kappa shape index (κ2) is 9.64. The van der Waals surface area contributed by atoms with Gasteiger partial charge in [-0.1, -0.05) is 68.2 Å². The highest BCUT2D eigenvalue weighted by Gasteiger charge is 2.47. The van der Waals surface area contributed by atoms with Gasteiger partial charge in [-0.3, -0.25) is 14.5 Å². The quantitative estimate of drug-likeness (QED) is 0.228. The van der Waals surface area contributed by atoms with E-state index in [2.05, 4.69) is 20.8 Å². The number of amides is 1. The van der Waals surface area contributed by atoms with Crippen molar-refractivity contribution in [3.63, 3.8) is 0 Å². The molecule has 0 saturated carbocycles. The van der Waals surface area contributed by atoms with Gasteiger partial charge in [-0.15, -0.1) is 0 Å². The molecule has 7 heteroatoms. The summed E-state index contributed by atoms with van der Waals surface area (Å²) in [5.41, 5.74) is 3.57. The maximum Gasteiger partial charge on any atom is 0.300 e. The van der Waals surface area contributed by atoms with Crippen LogP contribution >= 0.6 is 23.2 Å². The van der Waals surface area contributed by atoms with Gasteiger partial charge in [-0.05, 0) is 59.0 Å². The molecule has 3 aromatic rings. The van der Waals surface area contributed by atoms with E-state index >= 15 is 0 Å². The molecule has 0 spiro atoms. The predicted octanol–water partition coefficient (Wildman–Crippen LogP) is 6.98. The molecule has 1 aliphatic heterocycles. The van der Waals surface area contributed by atoms with E-state index in [1.165, 1.54) is 11.0 Å². The van der Waals surface area contributed by atoms with Crippen LogP contribution in [-0.4, -0.2) is 30.9 Å². The SMILES string of the molecule is CN(C)c1ccc(C2/C(=C(/O)c3ccc(Cl)c(Cl)c3)C(=O)C(=O)N2c2ccc(C(C)(C)C)cc2)cc1. The van der Waals surface area contributed by atoms with Crippen LogP contribution in [0.3, 0.4) is 0 Å². The number of halogens is 2. The Balaban J connectivity index is 1.91. The number of rotatable bonds is 4. The molecule has 1 amide bonds. The zero-order chi connectivity index (χ0) is 26.4. The van der Waals surface area contributed by atoms with Crippen molar-refractivity contribution in [3.8, 4) is 0 Å². The number of aliphatic hydroxyl groups excluding tert-OH is 1. The van der Waals surface area contributed by atoms with E-state index in [0.29, 0.717) is 21.8 Å². The number of carbonyl (C=O) groups is 2. The molecule has 0 aromatic heterocycles. The molecule has 5 nitrogen and oxygen atoms in total. The highest BCUT2D eigenvalue weighted by atomic mass is 35.5. The number of hydrogen-bond donors (Lipinski definition) is 1. The maximum atomic E-state index is 13.4. The van der Waals surface area contributed by atoms with Crippen LogP contribution < -0.4 is 9.80 Å². The van der Waals surface area contributed by atoms with Crippen LogP contribution in [0.4, 0.5) is 11.4 Å². The molecular formula is C29H28Cl2N2O3. The third-order valence-electron chi connectivity index (χ3n) is 6.37. The standard InChI is InChI=1S/C29H28Cl2N2O3/c1-29(2,3)19-9-13-21(14-10-19)33-25(17-6-11-20(12-7-17)32(4)5)24(27(35)28(33)36)26(34)18-8-15-22(30)23(31)16-18/h6-16,25,34H,1-5H3/b26-24-. The van der Waals surface area contributed by atoms with Gasteiger partial charge in [-0.25, -0.2) is 0 Å². The number of aliphatic hydroxyl groups is 1. The molecule has 1 N–H and O–H groups in total. The number of hydrogen-bond acceptors (Lipinski definition) is 4. The first-order valence-electron chi connectivity index (χ1n) is 11.5. The van der Waals surface area contributed by atoms with E-state index in [0.717, 1.165) is 11.3 Å². The Kier molecular flexibility index (Phi) is 6.91. The van der Waals surface area contributed by atoms with Crippen molar-refractivity contribution < 1.29 is 14.7 Å². The van der Waals surface area contributed by atoms with Gasteiger partial charge < -0.3 is 10.0 Å². The van der Waals surface area contributed by atoms with Crippen LogP contribution in [0.5, 0.6) is 0 Å². The van der Waals surface area contributed by atoms with E-state index in [1.807, 2.05) is 67.5 Å². The highest BCUT2D eigenvalue weighted by Crippen LogP contribution is 2.43. The van der Waals surface area contributed by atoms with Gasteiger partial charge in [0.05, 0.1) is 21.7 Å². The summed E-state index contributed by atoms with van der Waals surface area (Å²) in [5, 5.41) is 11.8. The van der Waals surface area contributed by atoms with Crippen molar-refractivity contribution in [1.82, 2.24) is 0 Å². The molecular weight excluding hydrogens is 495 g/mol. The minimum absolute atomic E-state index is 0.00381. The third kappa shape index (κ3) is 4.73. The molecule has 1 heterocycles. The fourth-order valence-corrected chi connectivity index (χ4v) is 4.59. The molecule has 3 aromatic carbocycles. The van der Waals surface area contributed by atoms with Crippen LogP contribution in [0.15, 0.2) is 72.3 Å². The van der Waals surface area contributed by atoms with Gasteiger partial charge >= 0.3 is 0 Å². The molecule has 1 unspecified atom stereocenters. The molecule has 1 aliphatic rings. The van der Waals surface area contributed by atoms with Crippen molar-refractivity contribution in [2.75, 3.05) is 23.9 Å². The van der Waals surface area contributed by atoms with Gasteiger partial charge in [0.1, 0.15) is 5.76 Å². The Morgan fingerprint density at radius 2 is 1.50 bits per heavy atom. The van der Waals surface area contributed by atoms with Crippen LogP contribution in [0.25, 0.3) is 5.76 Å². The van der Waals surface area contributed by atoms with Gasteiger partial charge in [-0.2, -0.15) is 0 Å². The lowest BCUT2D eigenvalue weighted by atomic mass is 9.87. The minimum Gasteiger partial charge on any atom is -0.507 e. The minimum atomic E-state index is -0.823. The van der Waals surface area contributed by atoms with Crippen molar-refractivity contribution in [2.45, 2.75) is 32.2 Å². The normalized spacial score (nSPS) is 17.5. The lowest BCUT2D eigenvalue weighted by Gasteiger charge is -2.27. The number of ketones is 1. The summed E-state index contributed by atoms with van der Waals surface area (Å²) >= 11 is 12.2. The largest absolute Gasteiger partial charge is 0.507 e. The molecule has 0 aliphatic carbocycles. The smallest absolute Gasteiger partial charge is 0.300 e. The van der Waals surface area contributed by atoms with E-state index in [4.69, 9.17) is 23.2 Å². The molecule has 1 saturated heterocycles. The zero-order valence-electron chi connectivity index (χ0n) is 20.8. The van der Waals surface area contributed by atoms with E-state index < -0.39 is 17.7 Å². The Bertz CT molecular complexity index is 1350. The average Bonchev–Trinajstić information content (AvgIpc) is 3.10. The van der Waals surface area contributed by atoms with Gasteiger partial charge in [0.2, 0.25) is 0 Å². The van der Waals surface area contributed by atoms with Crippen LogP contribution in [0, 0.1) is 0 Å². The molecule has 186 valence electrons. The van der Waals surface area contributed by atoms with Crippen LogP contribution in [-0.2, 0) is 15.0 Å².